The van der Waals surface area contributed by atoms with Gasteiger partial charge in [0.2, 0.25) is 0 Å². The van der Waals surface area contributed by atoms with E-state index >= 15 is 0 Å². The number of allylic oxidation sites excluding steroid dienone is 1. The predicted molar refractivity (Wildman–Crippen MR) is 53.9 cm³/mol. The molecule has 0 radical (unpaired) electrons. The monoisotopic (exact) mass is 161 g/mol. The number of nitrogens with one attached hydrogen (secondary N) is 1. The van der Waals surface area contributed by atoms with E-state index in [2.05, 4.69) is 36.2 Å². The quantitative estimate of drug-likeness (QED) is 0.718. The maximum absolute atomic E-state index is 3.91. The Kier molecular flexibility index (Phi) is 3.06. The average molecular weight is 161 g/mol. The first-order valence-electron chi connectivity index (χ1n) is 4.13. The third-order valence-corrected chi connectivity index (χ3v) is 1.80. The third kappa shape index (κ3) is 2.21. The van der Waals surface area contributed by atoms with E-state index in [0.29, 0.717) is 0 Å². The van der Waals surface area contributed by atoms with Crippen molar-refractivity contribution >= 4 is 5.57 Å². The third-order valence-electron chi connectivity index (χ3n) is 1.80. The summed E-state index contributed by atoms with van der Waals surface area (Å²) in [7, 11) is 1.95. The second-order valence-electron chi connectivity index (χ2n) is 3.01. The van der Waals surface area contributed by atoms with Crippen LogP contribution in [0.3, 0.4) is 0 Å². The molecule has 1 N–H and O–H groups in total. The molecule has 0 saturated heterocycles. The summed E-state index contributed by atoms with van der Waals surface area (Å²) in [6, 6.07) is 8.43. The standard InChI is InChI=1S/C11H15N/c1-9(2)11-6-4-5-10(7-11)8-12-3/h4-7,12H,1,8H2,2-3H3. The maximum Gasteiger partial charge on any atom is 0.0202 e. The fraction of sp³-hybridized carbons (Fsp3) is 0.273. The Balaban J connectivity index is 2.88. The molecular weight excluding hydrogens is 146 g/mol. The minimum absolute atomic E-state index is 0.918. The maximum atomic E-state index is 3.91. The molecule has 0 heterocycles. The molecule has 0 aliphatic rings. The summed E-state index contributed by atoms with van der Waals surface area (Å²) < 4.78 is 0. The van der Waals surface area contributed by atoms with Crippen LogP contribution >= 0.6 is 0 Å². The zero-order valence-electron chi connectivity index (χ0n) is 7.72. The first-order chi connectivity index (χ1) is 5.74. The van der Waals surface area contributed by atoms with E-state index in [1.165, 1.54) is 11.1 Å². The van der Waals surface area contributed by atoms with Crippen molar-refractivity contribution in [2.24, 2.45) is 0 Å². The zero-order valence-corrected chi connectivity index (χ0v) is 7.72. The normalized spacial score (nSPS) is 9.83. The molecule has 1 aromatic carbocycles. The van der Waals surface area contributed by atoms with E-state index in [1.54, 1.807) is 0 Å². The van der Waals surface area contributed by atoms with E-state index in [-0.39, 0.29) is 0 Å². The van der Waals surface area contributed by atoms with E-state index in [0.717, 1.165) is 12.1 Å². The van der Waals surface area contributed by atoms with Gasteiger partial charge in [-0.1, -0.05) is 36.4 Å². The number of rotatable bonds is 3. The molecule has 0 saturated carbocycles. The Bertz CT molecular complexity index is 276. The second kappa shape index (κ2) is 4.07. The molecule has 0 aromatic heterocycles. The first kappa shape index (κ1) is 9.01. The number of hydrogen-bond donors (Lipinski definition) is 1. The van der Waals surface area contributed by atoms with Gasteiger partial charge in [0.15, 0.2) is 0 Å². The largest absolute Gasteiger partial charge is 0.316 e. The summed E-state index contributed by atoms with van der Waals surface area (Å²) in [6.45, 7) is 6.85. The zero-order chi connectivity index (χ0) is 8.97. The van der Waals surface area contributed by atoms with Crippen LogP contribution in [0.15, 0.2) is 30.8 Å². The average Bonchev–Trinajstić information content (AvgIpc) is 2.05. The van der Waals surface area contributed by atoms with Gasteiger partial charge in [0.25, 0.3) is 0 Å². The Hall–Kier alpha value is -1.08. The highest BCUT2D eigenvalue weighted by molar-refractivity contribution is 5.61. The van der Waals surface area contributed by atoms with Gasteiger partial charge in [0.1, 0.15) is 0 Å². The van der Waals surface area contributed by atoms with Gasteiger partial charge < -0.3 is 5.32 Å². The van der Waals surface area contributed by atoms with Crippen LogP contribution in [0.2, 0.25) is 0 Å². The summed E-state index contributed by atoms with van der Waals surface area (Å²) in [5, 5.41) is 3.12. The molecule has 64 valence electrons. The van der Waals surface area contributed by atoms with Crippen LogP contribution in [0, 0.1) is 0 Å². The van der Waals surface area contributed by atoms with Crippen molar-refractivity contribution in [3.63, 3.8) is 0 Å². The Labute approximate surface area is 74.1 Å². The Morgan fingerprint density at radius 3 is 2.83 bits per heavy atom. The molecule has 0 aliphatic carbocycles. The van der Waals surface area contributed by atoms with E-state index < -0.39 is 0 Å². The summed E-state index contributed by atoms with van der Waals surface area (Å²) in [6.07, 6.45) is 0. The van der Waals surface area contributed by atoms with E-state index in [9.17, 15) is 0 Å². The fourth-order valence-corrected chi connectivity index (χ4v) is 1.15. The van der Waals surface area contributed by atoms with Gasteiger partial charge >= 0.3 is 0 Å². The van der Waals surface area contributed by atoms with Crippen molar-refractivity contribution in [1.29, 1.82) is 0 Å². The van der Waals surface area contributed by atoms with Crippen molar-refractivity contribution in [2.45, 2.75) is 13.5 Å². The highest BCUT2D eigenvalue weighted by atomic mass is 14.8. The summed E-state index contributed by atoms with van der Waals surface area (Å²) in [5.74, 6) is 0. The topological polar surface area (TPSA) is 12.0 Å². The highest BCUT2D eigenvalue weighted by Crippen LogP contribution is 2.12. The van der Waals surface area contributed by atoms with Crippen LogP contribution < -0.4 is 5.32 Å². The molecule has 0 amide bonds. The minimum Gasteiger partial charge on any atom is -0.316 e. The van der Waals surface area contributed by atoms with Crippen molar-refractivity contribution in [1.82, 2.24) is 5.32 Å². The molecule has 0 unspecified atom stereocenters. The summed E-state index contributed by atoms with van der Waals surface area (Å²) >= 11 is 0. The lowest BCUT2D eigenvalue weighted by molar-refractivity contribution is 0.817. The van der Waals surface area contributed by atoms with Gasteiger partial charge in [0.05, 0.1) is 0 Å². The number of benzene rings is 1. The SMILES string of the molecule is C=C(C)c1cccc(CNC)c1. The van der Waals surface area contributed by atoms with Crippen LogP contribution in [0.5, 0.6) is 0 Å². The lowest BCUT2D eigenvalue weighted by atomic mass is 10.1. The molecule has 0 spiro atoms. The molecule has 0 atom stereocenters. The molecule has 1 rings (SSSR count). The van der Waals surface area contributed by atoms with Crippen molar-refractivity contribution in [2.75, 3.05) is 7.05 Å². The predicted octanol–water partition coefficient (Wildman–Crippen LogP) is 2.44. The van der Waals surface area contributed by atoms with Gasteiger partial charge in [-0.3, -0.25) is 0 Å². The summed E-state index contributed by atoms with van der Waals surface area (Å²) in [4.78, 5) is 0. The van der Waals surface area contributed by atoms with Gasteiger partial charge in [-0.25, -0.2) is 0 Å². The van der Waals surface area contributed by atoms with Crippen molar-refractivity contribution < 1.29 is 0 Å². The minimum atomic E-state index is 0.918. The van der Waals surface area contributed by atoms with Gasteiger partial charge in [-0.05, 0) is 25.1 Å². The lowest BCUT2D eigenvalue weighted by Gasteiger charge is -2.03. The molecule has 0 aliphatic heterocycles. The molecule has 0 bridgehead atoms. The molecular formula is C11H15N. The fourth-order valence-electron chi connectivity index (χ4n) is 1.15. The van der Waals surface area contributed by atoms with Crippen LogP contribution in [-0.4, -0.2) is 7.05 Å². The number of hydrogen-bond acceptors (Lipinski definition) is 1. The second-order valence-corrected chi connectivity index (χ2v) is 3.01. The molecule has 1 nitrogen and oxygen atoms in total. The van der Waals surface area contributed by atoms with Crippen molar-refractivity contribution in [3.05, 3.63) is 42.0 Å². The Morgan fingerprint density at radius 1 is 1.50 bits per heavy atom. The van der Waals surface area contributed by atoms with Crippen LogP contribution in [0.1, 0.15) is 18.1 Å². The molecule has 1 heteroatoms. The molecule has 12 heavy (non-hydrogen) atoms. The van der Waals surface area contributed by atoms with Gasteiger partial charge in [-0.15, -0.1) is 0 Å². The van der Waals surface area contributed by atoms with E-state index in [1.807, 2.05) is 14.0 Å². The van der Waals surface area contributed by atoms with Gasteiger partial charge in [-0.2, -0.15) is 0 Å². The van der Waals surface area contributed by atoms with E-state index in [4.69, 9.17) is 0 Å². The molecule has 1 aromatic rings. The highest BCUT2D eigenvalue weighted by Gasteiger charge is 1.94. The van der Waals surface area contributed by atoms with Crippen molar-refractivity contribution in [3.8, 4) is 0 Å². The summed E-state index contributed by atoms with van der Waals surface area (Å²) in [5.41, 5.74) is 3.65. The van der Waals surface area contributed by atoms with Crippen LogP contribution in [0.25, 0.3) is 5.57 Å². The first-order valence-corrected chi connectivity index (χ1v) is 4.13. The lowest BCUT2D eigenvalue weighted by Crippen LogP contribution is -2.04. The van der Waals surface area contributed by atoms with Crippen LogP contribution in [0.4, 0.5) is 0 Å². The molecule has 0 fully saturated rings. The smallest absolute Gasteiger partial charge is 0.0202 e. The van der Waals surface area contributed by atoms with Gasteiger partial charge in [0, 0.05) is 6.54 Å². The Morgan fingerprint density at radius 2 is 2.25 bits per heavy atom. The van der Waals surface area contributed by atoms with Crippen LogP contribution in [-0.2, 0) is 6.54 Å².